The molecule has 0 spiro atoms. The number of aromatic nitrogens is 2. The second-order valence-electron chi connectivity index (χ2n) is 4.91. The smallest absolute Gasteiger partial charge is 0.244 e. The first-order valence-corrected chi connectivity index (χ1v) is 6.27. The van der Waals surface area contributed by atoms with Gasteiger partial charge in [0.2, 0.25) is 11.7 Å². The maximum absolute atomic E-state index is 5.99. The number of benzene rings is 1. The molecule has 1 heterocycles. The van der Waals surface area contributed by atoms with E-state index >= 15 is 0 Å². The Morgan fingerprint density at radius 1 is 1.32 bits per heavy atom. The molecule has 0 bridgehead atoms. The molecule has 0 unspecified atom stereocenters. The van der Waals surface area contributed by atoms with Gasteiger partial charge in [-0.15, -0.1) is 0 Å². The number of hydrogen-bond acceptors (Lipinski definition) is 5. The van der Waals surface area contributed by atoms with Gasteiger partial charge in [-0.2, -0.15) is 4.98 Å². The van der Waals surface area contributed by atoms with Crippen LogP contribution >= 0.6 is 0 Å². The van der Waals surface area contributed by atoms with E-state index in [9.17, 15) is 0 Å². The summed E-state index contributed by atoms with van der Waals surface area (Å²) in [5.74, 6) is 2.12. The van der Waals surface area contributed by atoms with Crippen LogP contribution in [0.5, 0.6) is 5.75 Å². The van der Waals surface area contributed by atoms with Crippen molar-refractivity contribution in [2.45, 2.75) is 26.8 Å². The Hall–Kier alpha value is -1.88. The van der Waals surface area contributed by atoms with E-state index in [1.165, 1.54) is 0 Å². The summed E-state index contributed by atoms with van der Waals surface area (Å²) in [6.07, 6.45) is 0. The molecule has 5 heteroatoms. The van der Waals surface area contributed by atoms with E-state index in [-0.39, 0.29) is 12.0 Å². The first kappa shape index (κ1) is 13.5. The van der Waals surface area contributed by atoms with Gasteiger partial charge in [-0.05, 0) is 36.6 Å². The fourth-order valence-corrected chi connectivity index (χ4v) is 1.79. The molecule has 19 heavy (non-hydrogen) atoms. The van der Waals surface area contributed by atoms with Crippen molar-refractivity contribution >= 4 is 0 Å². The fourth-order valence-electron chi connectivity index (χ4n) is 1.79. The van der Waals surface area contributed by atoms with Gasteiger partial charge in [-0.1, -0.05) is 19.0 Å². The molecular formula is C14H19N3O2. The van der Waals surface area contributed by atoms with Crippen molar-refractivity contribution < 1.29 is 9.26 Å². The van der Waals surface area contributed by atoms with Crippen molar-refractivity contribution in [1.82, 2.24) is 10.1 Å². The largest absolute Gasteiger partial charge is 0.496 e. The molecule has 1 aromatic heterocycles. The monoisotopic (exact) mass is 261 g/mol. The number of rotatable bonds is 4. The van der Waals surface area contributed by atoms with Crippen LogP contribution in [0.2, 0.25) is 0 Å². The first-order valence-electron chi connectivity index (χ1n) is 6.27. The molecular weight excluding hydrogens is 242 g/mol. The maximum Gasteiger partial charge on any atom is 0.244 e. The lowest BCUT2D eigenvalue weighted by molar-refractivity contribution is 0.325. The highest BCUT2D eigenvalue weighted by atomic mass is 16.5. The highest BCUT2D eigenvalue weighted by Crippen LogP contribution is 2.25. The molecule has 102 valence electrons. The Morgan fingerprint density at radius 2 is 2.05 bits per heavy atom. The SMILES string of the molecule is COc1ccc(-c2noc([C@H](N)C(C)C)n2)cc1C. The minimum atomic E-state index is -0.236. The van der Waals surface area contributed by atoms with Gasteiger partial charge in [0.05, 0.1) is 13.2 Å². The molecule has 0 aliphatic carbocycles. The van der Waals surface area contributed by atoms with Gasteiger partial charge in [0, 0.05) is 5.56 Å². The Bertz CT molecular complexity index is 564. The van der Waals surface area contributed by atoms with Crippen molar-refractivity contribution in [2.24, 2.45) is 11.7 Å². The number of nitrogens with two attached hydrogens (primary N) is 1. The van der Waals surface area contributed by atoms with E-state index in [0.717, 1.165) is 16.9 Å². The number of hydrogen-bond donors (Lipinski definition) is 1. The van der Waals surface area contributed by atoms with Gasteiger partial charge in [-0.25, -0.2) is 0 Å². The molecule has 2 rings (SSSR count). The van der Waals surface area contributed by atoms with Crippen molar-refractivity contribution in [2.75, 3.05) is 7.11 Å². The van der Waals surface area contributed by atoms with Crippen LogP contribution in [0.25, 0.3) is 11.4 Å². The summed E-state index contributed by atoms with van der Waals surface area (Å²) >= 11 is 0. The molecule has 0 aliphatic rings. The molecule has 0 amide bonds. The zero-order chi connectivity index (χ0) is 14.0. The van der Waals surface area contributed by atoms with Gasteiger partial charge < -0.3 is 15.0 Å². The van der Waals surface area contributed by atoms with Gasteiger partial charge in [-0.3, -0.25) is 0 Å². The van der Waals surface area contributed by atoms with Crippen molar-refractivity contribution in [3.05, 3.63) is 29.7 Å². The highest BCUT2D eigenvalue weighted by molar-refractivity contribution is 5.58. The van der Waals surface area contributed by atoms with Crippen LogP contribution in [0.4, 0.5) is 0 Å². The molecule has 5 nitrogen and oxygen atoms in total. The van der Waals surface area contributed by atoms with Gasteiger partial charge in [0.25, 0.3) is 0 Å². The maximum atomic E-state index is 5.99. The second-order valence-corrected chi connectivity index (χ2v) is 4.91. The highest BCUT2D eigenvalue weighted by Gasteiger charge is 2.18. The van der Waals surface area contributed by atoms with Crippen LogP contribution in [0.1, 0.15) is 31.3 Å². The summed E-state index contributed by atoms with van der Waals surface area (Å²) in [4.78, 5) is 4.35. The van der Waals surface area contributed by atoms with Gasteiger partial charge >= 0.3 is 0 Å². The number of methoxy groups -OCH3 is 1. The van der Waals surface area contributed by atoms with E-state index in [2.05, 4.69) is 10.1 Å². The predicted molar refractivity (Wildman–Crippen MR) is 72.8 cm³/mol. The quantitative estimate of drug-likeness (QED) is 0.915. The van der Waals surface area contributed by atoms with Crippen molar-refractivity contribution in [3.63, 3.8) is 0 Å². The summed E-state index contributed by atoms with van der Waals surface area (Å²) in [6, 6.07) is 5.53. The molecule has 1 atom stereocenters. The average molecular weight is 261 g/mol. The zero-order valence-corrected chi connectivity index (χ0v) is 11.7. The third-order valence-corrected chi connectivity index (χ3v) is 3.10. The molecule has 2 aromatic rings. The number of aryl methyl sites for hydroxylation is 1. The Kier molecular flexibility index (Phi) is 3.85. The predicted octanol–water partition coefficient (Wildman–Crippen LogP) is 2.71. The average Bonchev–Trinajstić information content (AvgIpc) is 2.87. The van der Waals surface area contributed by atoms with Crippen LogP contribution in [-0.2, 0) is 0 Å². The zero-order valence-electron chi connectivity index (χ0n) is 11.7. The number of ether oxygens (including phenoxy) is 1. The topological polar surface area (TPSA) is 74.2 Å². The summed E-state index contributed by atoms with van der Waals surface area (Å²) in [5, 5.41) is 3.98. The first-order chi connectivity index (χ1) is 9.02. The minimum Gasteiger partial charge on any atom is -0.496 e. The molecule has 0 radical (unpaired) electrons. The standard InChI is InChI=1S/C14H19N3O2/c1-8(2)12(15)14-16-13(17-19-14)10-5-6-11(18-4)9(3)7-10/h5-8,12H,15H2,1-4H3/t12-/m1/s1. The fraction of sp³-hybridized carbons (Fsp3) is 0.429. The molecule has 0 aliphatic heterocycles. The van der Waals surface area contributed by atoms with E-state index in [1.807, 2.05) is 39.0 Å². The van der Waals surface area contributed by atoms with Crippen LogP contribution in [0.15, 0.2) is 22.7 Å². The Labute approximate surface area is 112 Å². The number of nitrogens with zero attached hydrogens (tertiary/aromatic N) is 2. The molecule has 2 N–H and O–H groups in total. The molecule has 0 saturated heterocycles. The molecule has 0 saturated carbocycles. The van der Waals surface area contributed by atoms with Crippen LogP contribution in [0, 0.1) is 12.8 Å². The van der Waals surface area contributed by atoms with Crippen molar-refractivity contribution in [3.8, 4) is 17.1 Å². The van der Waals surface area contributed by atoms with E-state index < -0.39 is 0 Å². The van der Waals surface area contributed by atoms with Gasteiger partial charge in [0.15, 0.2) is 0 Å². The van der Waals surface area contributed by atoms with Crippen LogP contribution < -0.4 is 10.5 Å². The Morgan fingerprint density at radius 3 is 2.63 bits per heavy atom. The molecule has 1 aromatic carbocycles. The van der Waals surface area contributed by atoms with Crippen LogP contribution in [-0.4, -0.2) is 17.3 Å². The summed E-state index contributed by atoms with van der Waals surface area (Å²) in [5.41, 5.74) is 7.91. The normalized spacial score (nSPS) is 12.7. The summed E-state index contributed by atoms with van der Waals surface area (Å²) in [7, 11) is 1.65. The van der Waals surface area contributed by atoms with Gasteiger partial charge in [0.1, 0.15) is 5.75 Å². The third kappa shape index (κ3) is 2.76. The Balaban J connectivity index is 2.30. The van der Waals surface area contributed by atoms with E-state index in [0.29, 0.717) is 11.7 Å². The minimum absolute atomic E-state index is 0.236. The van der Waals surface area contributed by atoms with Crippen molar-refractivity contribution in [1.29, 1.82) is 0 Å². The molecule has 0 fully saturated rings. The lowest BCUT2D eigenvalue weighted by Gasteiger charge is -2.09. The lowest BCUT2D eigenvalue weighted by Crippen LogP contribution is -2.16. The van der Waals surface area contributed by atoms with E-state index in [1.54, 1.807) is 7.11 Å². The lowest BCUT2D eigenvalue weighted by atomic mass is 10.1. The van der Waals surface area contributed by atoms with E-state index in [4.69, 9.17) is 15.0 Å². The van der Waals surface area contributed by atoms with Crippen LogP contribution in [0.3, 0.4) is 0 Å². The second kappa shape index (κ2) is 5.40. The summed E-state index contributed by atoms with van der Waals surface area (Å²) < 4.78 is 10.4. The third-order valence-electron chi connectivity index (χ3n) is 3.10. The summed E-state index contributed by atoms with van der Waals surface area (Å²) in [6.45, 7) is 6.02.